The molecule has 0 amide bonds. The number of para-hydroxylation sites is 1. The molecule has 0 fully saturated rings. The molecule has 18 heavy (non-hydrogen) atoms. The quantitative estimate of drug-likeness (QED) is 0.721. The third kappa shape index (κ3) is 1.67. The first-order chi connectivity index (χ1) is 8.77. The summed E-state index contributed by atoms with van der Waals surface area (Å²) >= 11 is 0. The molecule has 0 aliphatic carbocycles. The molecule has 2 N–H and O–H groups in total. The molecule has 2 aromatic heterocycles. The lowest BCUT2D eigenvalue weighted by atomic mass is 10.0. The van der Waals surface area contributed by atoms with E-state index in [0.717, 1.165) is 22.2 Å². The van der Waals surface area contributed by atoms with Crippen LogP contribution < -0.4 is 0 Å². The molecule has 0 saturated carbocycles. The van der Waals surface area contributed by atoms with E-state index < -0.39 is 6.10 Å². The van der Waals surface area contributed by atoms with E-state index >= 15 is 0 Å². The third-order valence-electron chi connectivity index (χ3n) is 3.09. The van der Waals surface area contributed by atoms with Crippen molar-refractivity contribution < 1.29 is 5.11 Å². The molecule has 0 aliphatic rings. The predicted molar refractivity (Wildman–Crippen MR) is 69.1 cm³/mol. The largest absolute Gasteiger partial charge is 0.382 e. The Morgan fingerprint density at radius 3 is 2.78 bits per heavy atom. The van der Waals surface area contributed by atoms with Gasteiger partial charge in [-0.25, -0.2) is 4.98 Å². The van der Waals surface area contributed by atoms with Gasteiger partial charge in [0.2, 0.25) is 0 Å². The average molecular weight is 239 g/mol. The van der Waals surface area contributed by atoms with Crippen LogP contribution in [0.15, 0.2) is 42.9 Å². The van der Waals surface area contributed by atoms with Crippen LogP contribution in [0.2, 0.25) is 0 Å². The van der Waals surface area contributed by atoms with E-state index in [4.69, 9.17) is 0 Å². The molecule has 3 aromatic rings. The lowest BCUT2D eigenvalue weighted by molar-refractivity contribution is 0.216. The molecule has 0 saturated heterocycles. The highest BCUT2D eigenvalue weighted by Gasteiger charge is 2.18. The van der Waals surface area contributed by atoms with Gasteiger partial charge in [-0.2, -0.15) is 0 Å². The number of fused-ring (bicyclic) bond motifs is 1. The lowest BCUT2D eigenvalue weighted by Gasteiger charge is -2.11. The average Bonchev–Trinajstić information content (AvgIpc) is 2.83. The summed E-state index contributed by atoms with van der Waals surface area (Å²) in [6, 6.07) is 9.66. The number of aryl methyl sites for hydroxylation is 1. The van der Waals surface area contributed by atoms with Gasteiger partial charge in [0.15, 0.2) is 0 Å². The number of hydrogen-bond donors (Lipinski definition) is 2. The van der Waals surface area contributed by atoms with E-state index in [9.17, 15) is 5.11 Å². The monoisotopic (exact) mass is 239 g/mol. The van der Waals surface area contributed by atoms with Gasteiger partial charge < -0.3 is 10.1 Å². The first kappa shape index (κ1) is 10.9. The second-order valence-corrected chi connectivity index (χ2v) is 4.24. The van der Waals surface area contributed by atoms with Crippen LogP contribution in [0.4, 0.5) is 0 Å². The standard InChI is InChI=1S/C14H13N3O/c1-9-12(17-8-16-9)14(18)11-6-2-4-10-5-3-7-15-13(10)11/h2-8,14,18H,1H3,(H,16,17). The molecule has 4 heteroatoms. The van der Waals surface area contributed by atoms with Gasteiger partial charge in [0.25, 0.3) is 0 Å². The molecule has 1 unspecified atom stereocenters. The van der Waals surface area contributed by atoms with Crippen LogP contribution >= 0.6 is 0 Å². The number of aromatic amines is 1. The fraction of sp³-hybridized carbons (Fsp3) is 0.143. The Labute approximate surface area is 104 Å². The normalized spacial score (nSPS) is 12.8. The van der Waals surface area contributed by atoms with Crippen molar-refractivity contribution in [2.24, 2.45) is 0 Å². The molecule has 3 rings (SSSR count). The van der Waals surface area contributed by atoms with E-state index in [1.54, 1.807) is 12.5 Å². The van der Waals surface area contributed by atoms with Gasteiger partial charge in [-0.05, 0) is 13.0 Å². The van der Waals surface area contributed by atoms with Crippen LogP contribution in [0.1, 0.15) is 23.1 Å². The van der Waals surface area contributed by atoms with Crippen molar-refractivity contribution in [1.82, 2.24) is 15.0 Å². The van der Waals surface area contributed by atoms with Gasteiger partial charge >= 0.3 is 0 Å². The Kier molecular flexibility index (Phi) is 2.57. The van der Waals surface area contributed by atoms with Crippen LogP contribution in [-0.4, -0.2) is 20.1 Å². The van der Waals surface area contributed by atoms with E-state index in [1.807, 2.05) is 37.3 Å². The fourth-order valence-electron chi connectivity index (χ4n) is 2.14. The summed E-state index contributed by atoms with van der Waals surface area (Å²) in [5.74, 6) is 0. The minimum absolute atomic E-state index is 0.646. The second kappa shape index (κ2) is 4.23. The van der Waals surface area contributed by atoms with Crippen molar-refractivity contribution in [1.29, 1.82) is 0 Å². The number of aliphatic hydroxyl groups is 1. The Morgan fingerprint density at radius 2 is 2.00 bits per heavy atom. The van der Waals surface area contributed by atoms with Gasteiger partial charge in [0.05, 0.1) is 17.5 Å². The predicted octanol–water partition coefficient (Wildman–Crippen LogP) is 2.35. The Hall–Kier alpha value is -2.20. The summed E-state index contributed by atoms with van der Waals surface area (Å²) in [5.41, 5.74) is 3.11. The van der Waals surface area contributed by atoms with Gasteiger partial charge in [-0.1, -0.05) is 24.3 Å². The number of benzene rings is 1. The van der Waals surface area contributed by atoms with Crippen molar-refractivity contribution in [3.8, 4) is 0 Å². The van der Waals surface area contributed by atoms with Crippen LogP contribution in [0, 0.1) is 6.92 Å². The van der Waals surface area contributed by atoms with Crippen LogP contribution in [-0.2, 0) is 0 Å². The maximum atomic E-state index is 10.4. The van der Waals surface area contributed by atoms with Gasteiger partial charge in [-0.15, -0.1) is 0 Å². The van der Waals surface area contributed by atoms with E-state index in [-0.39, 0.29) is 0 Å². The summed E-state index contributed by atoms with van der Waals surface area (Å²) in [5, 5.41) is 11.5. The summed E-state index contributed by atoms with van der Waals surface area (Å²) in [7, 11) is 0. The van der Waals surface area contributed by atoms with Crippen molar-refractivity contribution in [3.63, 3.8) is 0 Å². The second-order valence-electron chi connectivity index (χ2n) is 4.24. The number of aromatic nitrogens is 3. The zero-order valence-corrected chi connectivity index (χ0v) is 9.96. The number of H-pyrrole nitrogens is 1. The zero-order valence-electron chi connectivity index (χ0n) is 9.96. The Bertz CT molecular complexity index is 685. The number of aliphatic hydroxyl groups excluding tert-OH is 1. The third-order valence-corrected chi connectivity index (χ3v) is 3.09. The number of pyridine rings is 1. The van der Waals surface area contributed by atoms with Crippen molar-refractivity contribution >= 4 is 10.9 Å². The molecule has 0 aliphatic heterocycles. The summed E-state index contributed by atoms with van der Waals surface area (Å²) in [6.45, 7) is 1.89. The highest BCUT2D eigenvalue weighted by molar-refractivity contribution is 5.82. The molecule has 2 heterocycles. The first-order valence-electron chi connectivity index (χ1n) is 5.79. The van der Waals surface area contributed by atoms with Gasteiger partial charge in [0.1, 0.15) is 6.10 Å². The van der Waals surface area contributed by atoms with Crippen molar-refractivity contribution in [3.05, 3.63) is 59.8 Å². The maximum Gasteiger partial charge on any atom is 0.125 e. The number of rotatable bonds is 2. The van der Waals surface area contributed by atoms with E-state index in [0.29, 0.717) is 5.69 Å². The molecule has 0 bridgehead atoms. The highest BCUT2D eigenvalue weighted by Crippen LogP contribution is 2.27. The van der Waals surface area contributed by atoms with E-state index in [1.165, 1.54) is 0 Å². The summed E-state index contributed by atoms with van der Waals surface area (Å²) < 4.78 is 0. The Balaban J connectivity index is 2.18. The zero-order chi connectivity index (χ0) is 12.5. The smallest absolute Gasteiger partial charge is 0.125 e. The number of hydrogen-bond acceptors (Lipinski definition) is 3. The van der Waals surface area contributed by atoms with Crippen LogP contribution in [0.3, 0.4) is 0 Å². The number of nitrogens with one attached hydrogen (secondary N) is 1. The minimum atomic E-state index is -0.755. The number of nitrogens with zero attached hydrogens (tertiary/aromatic N) is 2. The van der Waals surface area contributed by atoms with Gasteiger partial charge in [0, 0.05) is 22.8 Å². The number of imidazole rings is 1. The molecule has 90 valence electrons. The molecular formula is C14H13N3O. The molecule has 1 aromatic carbocycles. The molecule has 4 nitrogen and oxygen atoms in total. The Morgan fingerprint density at radius 1 is 1.17 bits per heavy atom. The maximum absolute atomic E-state index is 10.4. The summed E-state index contributed by atoms with van der Waals surface area (Å²) in [6.07, 6.45) is 2.57. The molecular weight excluding hydrogens is 226 g/mol. The summed E-state index contributed by atoms with van der Waals surface area (Å²) in [4.78, 5) is 11.5. The van der Waals surface area contributed by atoms with Gasteiger partial charge in [-0.3, -0.25) is 4.98 Å². The molecule has 0 radical (unpaired) electrons. The van der Waals surface area contributed by atoms with Crippen LogP contribution in [0.25, 0.3) is 10.9 Å². The minimum Gasteiger partial charge on any atom is -0.382 e. The first-order valence-corrected chi connectivity index (χ1v) is 5.79. The van der Waals surface area contributed by atoms with Crippen molar-refractivity contribution in [2.45, 2.75) is 13.0 Å². The molecule has 1 atom stereocenters. The van der Waals surface area contributed by atoms with Crippen molar-refractivity contribution in [2.75, 3.05) is 0 Å². The topological polar surface area (TPSA) is 61.8 Å². The fourth-order valence-corrected chi connectivity index (χ4v) is 2.14. The lowest BCUT2D eigenvalue weighted by Crippen LogP contribution is -2.03. The molecule has 0 spiro atoms. The highest BCUT2D eigenvalue weighted by atomic mass is 16.3. The van der Waals surface area contributed by atoms with E-state index in [2.05, 4.69) is 15.0 Å². The van der Waals surface area contributed by atoms with Crippen LogP contribution in [0.5, 0.6) is 0 Å². The SMILES string of the molecule is Cc1[nH]cnc1C(O)c1cccc2cccnc12.